The average Bonchev–Trinajstić information content (AvgIpc) is 2.52. The van der Waals surface area contributed by atoms with Crippen LogP contribution < -0.4 is 20.9 Å². The molecule has 7 nitrogen and oxygen atoms in total. The standard InChI is InChI=1S/C18H23ClN4O3/c1-11(2)9-18(3,21)10-25-15-5-4-12(8-13(15)19)14-6-7-22-17(23-14)26-16(20)24/h4-8,11H,9-10,21H2,1-3H3,(H2,20,24)/t18-/m0/s1. The number of carbonyl (C=O) groups excluding carboxylic acids is 1. The third kappa shape index (κ3) is 5.86. The first-order valence-corrected chi connectivity index (χ1v) is 8.56. The molecular weight excluding hydrogens is 356 g/mol. The summed E-state index contributed by atoms with van der Waals surface area (Å²) in [7, 11) is 0. The number of rotatable bonds is 7. The molecule has 8 heteroatoms. The monoisotopic (exact) mass is 378 g/mol. The zero-order chi connectivity index (χ0) is 19.3. The molecule has 1 atom stereocenters. The van der Waals surface area contributed by atoms with E-state index in [4.69, 9.17) is 27.8 Å². The zero-order valence-electron chi connectivity index (χ0n) is 15.0. The van der Waals surface area contributed by atoms with Gasteiger partial charge in [0.15, 0.2) is 0 Å². The van der Waals surface area contributed by atoms with E-state index in [0.29, 0.717) is 29.0 Å². The molecule has 4 N–H and O–H groups in total. The van der Waals surface area contributed by atoms with Crippen molar-refractivity contribution in [2.45, 2.75) is 32.7 Å². The first-order chi connectivity index (χ1) is 12.2. The number of nitrogens with zero attached hydrogens (tertiary/aromatic N) is 2. The Balaban J connectivity index is 2.13. The minimum Gasteiger partial charge on any atom is -0.490 e. The van der Waals surface area contributed by atoms with Crippen molar-refractivity contribution in [1.29, 1.82) is 0 Å². The summed E-state index contributed by atoms with van der Waals surface area (Å²) in [6, 6.07) is 6.80. The van der Waals surface area contributed by atoms with Crippen LogP contribution >= 0.6 is 11.6 Å². The number of amides is 1. The predicted octanol–water partition coefficient (Wildman–Crippen LogP) is 3.40. The number of hydrogen-bond donors (Lipinski definition) is 2. The summed E-state index contributed by atoms with van der Waals surface area (Å²) >= 11 is 6.32. The minimum absolute atomic E-state index is 0.126. The SMILES string of the molecule is CC(C)C[C@](C)(N)COc1ccc(-c2ccnc(OC(N)=O)n2)cc1Cl. The summed E-state index contributed by atoms with van der Waals surface area (Å²) < 4.78 is 10.5. The van der Waals surface area contributed by atoms with E-state index in [1.165, 1.54) is 6.20 Å². The Morgan fingerprint density at radius 1 is 1.35 bits per heavy atom. The Morgan fingerprint density at radius 2 is 2.08 bits per heavy atom. The van der Waals surface area contributed by atoms with Crippen LogP contribution in [0.5, 0.6) is 11.8 Å². The molecule has 0 unspecified atom stereocenters. The fraction of sp³-hybridized carbons (Fsp3) is 0.389. The van der Waals surface area contributed by atoms with Gasteiger partial charge in [-0.1, -0.05) is 25.4 Å². The zero-order valence-corrected chi connectivity index (χ0v) is 15.8. The lowest BCUT2D eigenvalue weighted by molar-refractivity contribution is 0.206. The number of nitrogens with two attached hydrogens (primary N) is 2. The molecule has 1 aromatic heterocycles. The third-order valence-electron chi connectivity index (χ3n) is 3.48. The third-order valence-corrected chi connectivity index (χ3v) is 3.78. The van der Waals surface area contributed by atoms with E-state index in [1.54, 1.807) is 24.3 Å². The second-order valence-electron chi connectivity index (χ2n) is 6.83. The maximum Gasteiger partial charge on any atom is 0.412 e. The molecule has 0 saturated carbocycles. The molecule has 0 radical (unpaired) electrons. The quantitative estimate of drug-likeness (QED) is 0.763. The number of primary amides is 1. The van der Waals surface area contributed by atoms with E-state index < -0.39 is 11.6 Å². The Bertz CT molecular complexity index is 781. The Morgan fingerprint density at radius 3 is 2.69 bits per heavy atom. The number of benzene rings is 1. The maximum atomic E-state index is 10.8. The molecule has 1 aromatic carbocycles. The summed E-state index contributed by atoms with van der Waals surface area (Å²) in [6.07, 6.45) is 1.33. The Labute approximate surface area is 157 Å². The molecule has 0 spiro atoms. The molecule has 0 fully saturated rings. The van der Waals surface area contributed by atoms with Gasteiger partial charge < -0.3 is 20.9 Å². The molecule has 0 aliphatic carbocycles. The Hall–Kier alpha value is -2.38. The molecule has 0 aliphatic heterocycles. The van der Waals surface area contributed by atoms with Crippen molar-refractivity contribution in [2.75, 3.05) is 6.61 Å². The van der Waals surface area contributed by atoms with Gasteiger partial charge in [0, 0.05) is 17.3 Å². The number of halogens is 1. The van der Waals surface area contributed by atoms with E-state index >= 15 is 0 Å². The van der Waals surface area contributed by atoms with Crippen LogP contribution in [-0.4, -0.2) is 28.2 Å². The molecular formula is C18H23ClN4O3. The first-order valence-electron chi connectivity index (χ1n) is 8.18. The van der Waals surface area contributed by atoms with Crippen molar-refractivity contribution in [1.82, 2.24) is 9.97 Å². The van der Waals surface area contributed by atoms with Gasteiger partial charge in [0.1, 0.15) is 12.4 Å². The van der Waals surface area contributed by atoms with Crippen LogP contribution in [0.2, 0.25) is 5.02 Å². The summed E-state index contributed by atoms with van der Waals surface area (Å²) in [5, 5.41) is 0.429. The van der Waals surface area contributed by atoms with Crippen molar-refractivity contribution < 1.29 is 14.3 Å². The molecule has 0 bridgehead atoms. The van der Waals surface area contributed by atoms with Gasteiger partial charge in [0.25, 0.3) is 0 Å². The van der Waals surface area contributed by atoms with E-state index in [9.17, 15) is 4.79 Å². The van der Waals surface area contributed by atoms with Crippen LogP contribution in [0.3, 0.4) is 0 Å². The molecule has 0 aliphatic rings. The molecule has 2 rings (SSSR count). The summed E-state index contributed by atoms with van der Waals surface area (Å²) in [4.78, 5) is 18.7. The molecule has 2 aromatic rings. The second kappa shape index (κ2) is 8.33. The minimum atomic E-state index is -0.977. The summed E-state index contributed by atoms with van der Waals surface area (Å²) in [5.41, 5.74) is 12.0. The van der Waals surface area contributed by atoms with Gasteiger partial charge >= 0.3 is 12.1 Å². The average molecular weight is 379 g/mol. The van der Waals surface area contributed by atoms with E-state index in [1.807, 2.05) is 6.92 Å². The number of hydrogen-bond acceptors (Lipinski definition) is 6. The lowest BCUT2D eigenvalue weighted by atomic mass is 9.93. The van der Waals surface area contributed by atoms with Gasteiger partial charge in [-0.25, -0.2) is 9.78 Å². The normalized spacial score (nSPS) is 13.3. The molecule has 1 heterocycles. The highest BCUT2D eigenvalue weighted by molar-refractivity contribution is 6.32. The highest BCUT2D eigenvalue weighted by atomic mass is 35.5. The number of ether oxygens (including phenoxy) is 2. The maximum absolute atomic E-state index is 10.8. The number of aromatic nitrogens is 2. The predicted molar refractivity (Wildman–Crippen MR) is 100 cm³/mol. The van der Waals surface area contributed by atoms with Gasteiger partial charge in [0.05, 0.1) is 10.7 Å². The van der Waals surface area contributed by atoms with Crippen molar-refractivity contribution in [3.05, 3.63) is 35.5 Å². The Kier molecular flexibility index (Phi) is 6.39. The topological polar surface area (TPSA) is 113 Å². The van der Waals surface area contributed by atoms with Crippen LogP contribution in [0.4, 0.5) is 4.79 Å². The van der Waals surface area contributed by atoms with Gasteiger partial charge in [0.2, 0.25) is 0 Å². The first kappa shape index (κ1) is 19.9. The van der Waals surface area contributed by atoms with Gasteiger partial charge in [-0.2, -0.15) is 4.98 Å². The summed E-state index contributed by atoms with van der Waals surface area (Å²) in [6.45, 7) is 6.54. The van der Waals surface area contributed by atoms with Crippen molar-refractivity contribution in [3.63, 3.8) is 0 Å². The molecule has 0 saturated heterocycles. The van der Waals surface area contributed by atoms with Crippen molar-refractivity contribution in [2.24, 2.45) is 17.4 Å². The van der Waals surface area contributed by atoms with Crippen LogP contribution in [0.25, 0.3) is 11.3 Å². The summed E-state index contributed by atoms with van der Waals surface area (Å²) in [5.74, 6) is 1.01. The van der Waals surface area contributed by atoms with Crippen molar-refractivity contribution >= 4 is 17.7 Å². The van der Waals surface area contributed by atoms with Crippen LogP contribution in [0.15, 0.2) is 30.5 Å². The number of carbonyl (C=O) groups is 1. The van der Waals surface area contributed by atoms with E-state index in [2.05, 4.69) is 28.6 Å². The van der Waals surface area contributed by atoms with E-state index in [-0.39, 0.29) is 6.01 Å². The van der Waals surface area contributed by atoms with Crippen LogP contribution in [-0.2, 0) is 0 Å². The lowest BCUT2D eigenvalue weighted by Gasteiger charge is -2.26. The van der Waals surface area contributed by atoms with Gasteiger partial charge in [-0.3, -0.25) is 0 Å². The largest absolute Gasteiger partial charge is 0.490 e. The van der Waals surface area contributed by atoms with E-state index in [0.717, 1.165) is 12.0 Å². The fourth-order valence-corrected chi connectivity index (χ4v) is 2.89. The highest BCUT2D eigenvalue weighted by Crippen LogP contribution is 2.30. The van der Waals surface area contributed by atoms with Crippen molar-refractivity contribution in [3.8, 4) is 23.0 Å². The molecule has 1 amide bonds. The smallest absolute Gasteiger partial charge is 0.412 e. The van der Waals surface area contributed by atoms with Gasteiger partial charge in [-0.05, 0) is 43.5 Å². The second-order valence-corrected chi connectivity index (χ2v) is 7.24. The van der Waals surface area contributed by atoms with Gasteiger partial charge in [-0.15, -0.1) is 0 Å². The van der Waals surface area contributed by atoms with Crippen LogP contribution in [0.1, 0.15) is 27.2 Å². The fourth-order valence-electron chi connectivity index (χ4n) is 2.65. The molecule has 26 heavy (non-hydrogen) atoms. The van der Waals surface area contributed by atoms with Crippen LogP contribution in [0, 0.1) is 5.92 Å². The molecule has 140 valence electrons. The highest BCUT2D eigenvalue weighted by Gasteiger charge is 2.21. The lowest BCUT2D eigenvalue weighted by Crippen LogP contribution is -2.43.